The molecule has 0 fully saturated rings. The molecule has 3 amide bonds. The third kappa shape index (κ3) is 3.22. The standard InChI is InChI=1S/C21H16ClN5O5S/c1-21(2,7-28)26-18(29)17-13-12-14(9(5-23)6-24-19(12)33-17)27(20(30)25-13)15-10(22)3-4-11-16(15)32-8-31-11/h3-4,6,28H,7-8H2,1-2H3,(H,25,30)(H,26,29). The van der Waals surface area contributed by atoms with E-state index in [1.165, 1.54) is 11.1 Å². The number of hydrogen-bond acceptors (Lipinski definition) is 8. The third-order valence-corrected chi connectivity index (χ3v) is 6.61. The Kier molecular flexibility index (Phi) is 4.82. The highest BCUT2D eigenvalue weighted by Gasteiger charge is 2.39. The maximum Gasteiger partial charge on any atom is 0.331 e. The Bertz CT molecular complexity index is 1400. The fourth-order valence-corrected chi connectivity index (χ4v) is 4.90. The normalized spacial score (nSPS) is 14.3. The molecule has 12 heteroatoms. The van der Waals surface area contributed by atoms with E-state index in [1.807, 2.05) is 0 Å². The number of pyridine rings is 1. The lowest BCUT2D eigenvalue weighted by atomic mass is 10.1. The molecule has 0 saturated heterocycles. The molecule has 33 heavy (non-hydrogen) atoms. The Morgan fingerprint density at radius 1 is 1.42 bits per heavy atom. The number of halogens is 1. The van der Waals surface area contributed by atoms with Crippen molar-refractivity contribution < 1.29 is 24.2 Å². The van der Waals surface area contributed by atoms with Gasteiger partial charge >= 0.3 is 6.03 Å². The summed E-state index contributed by atoms with van der Waals surface area (Å²) in [6.07, 6.45) is 1.34. The van der Waals surface area contributed by atoms with Crippen LogP contribution in [0.4, 0.5) is 21.9 Å². The molecule has 0 aliphatic carbocycles. The predicted octanol–water partition coefficient (Wildman–Crippen LogP) is 3.73. The number of ether oxygens (including phenoxy) is 2. The van der Waals surface area contributed by atoms with Gasteiger partial charge < -0.3 is 25.2 Å². The fourth-order valence-electron chi connectivity index (χ4n) is 3.67. The number of benzene rings is 1. The van der Waals surface area contributed by atoms with Crippen molar-refractivity contribution in [1.29, 1.82) is 5.26 Å². The summed E-state index contributed by atoms with van der Waals surface area (Å²) >= 11 is 7.53. The number of nitrogens with zero attached hydrogens (tertiary/aromatic N) is 3. The van der Waals surface area contributed by atoms with Crippen LogP contribution < -0.4 is 25.0 Å². The number of thiophene rings is 1. The van der Waals surface area contributed by atoms with Crippen LogP contribution in [0.3, 0.4) is 0 Å². The maximum atomic E-state index is 13.4. The number of nitriles is 1. The van der Waals surface area contributed by atoms with E-state index in [2.05, 4.69) is 21.7 Å². The Balaban J connectivity index is 1.76. The van der Waals surface area contributed by atoms with Crippen LogP contribution in [0.5, 0.6) is 11.5 Å². The Morgan fingerprint density at radius 2 is 2.21 bits per heavy atom. The van der Waals surface area contributed by atoms with Crippen molar-refractivity contribution in [2.24, 2.45) is 0 Å². The predicted molar refractivity (Wildman–Crippen MR) is 122 cm³/mol. The van der Waals surface area contributed by atoms with Gasteiger partial charge in [-0.1, -0.05) is 11.6 Å². The van der Waals surface area contributed by atoms with E-state index in [1.54, 1.807) is 26.0 Å². The highest BCUT2D eigenvalue weighted by atomic mass is 35.5. The fraction of sp³-hybridized carbons (Fsp3) is 0.238. The van der Waals surface area contributed by atoms with Gasteiger partial charge in [0.15, 0.2) is 11.5 Å². The quantitative estimate of drug-likeness (QED) is 0.512. The molecule has 5 rings (SSSR count). The Morgan fingerprint density at radius 3 is 2.94 bits per heavy atom. The molecule has 2 aliphatic rings. The number of amides is 3. The summed E-state index contributed by atoms with van der Waals surface area (Å²) in [4.78, 5) is 32.6. The second-order valence-electron chi connectivity index (χ2n) is 8.01. The summed E-state index contributed by atoms with van der Waals surface area (Å²) in [5, 5.41) is 25.4. The number of anilines is 3. The molecule has 3 N–H and O–H groups in total. The molecule has 2 aliphatic heterocycles. The zero-order chi connectivity index (χ0) is 23.5. The number of nitrogens with one attached hydrogen (secondary N) is 2. The first kappa shape index (κ1) is 21.3. The van der Waals surface area contributed by atoms with Crippen molar-refractivity contribution in [2.75, 3.05) is 23.6 Å². The average Bonchev–Trinajstić information content (AvgIpc) is 3.40. The second-order valence-corrected chi connectivity index (χ2v) is 9.42. The second kappa shape index (κ2) is 7.48. The average molecular weight is 486 g/mol. The highest BCUT2D eigenvalue weighted by Crippen LogP contribution is 2.53. The minimum Gasteiger partial charge on any atom is -0.454 e. The van der Waals surface area contributed by atoms with Gasteiger partial charge in [-0.3, -0.25) is 9.69 Å². The van der Waals surface area contributed by atoms with E-state index >= 15 is 0 Å². The molecule has 3 aromatic rings. The minimum absolute atomic E-state index is 0.0380. The van der Waals surface area contributed by atoms with Gasteiger partial charge in [0.1, 0.15) is 21.5 Å². The third-order valence-electron chi connectivity index (χ3n) is 5.21. The number of aliphatic hydroxyl groups is 1. The zero-order valence-corrected chi connectivity index (χ0v) is 18.9. The number of hydrogen-bond donors (Lipinski definition) is 3. The number of aromatic nitrogens is 1. The summed E-state index contributed by atoms with van der Waals surface area (Å²) < 4.78 is 11.0. The number of carbonyl (C=O) groups is 2. The number of rotatable bonds is 4. The summed E-state index contributed by atoms with van der Waals surface area (Å²) in [5.41, 5.74) is -0.0652. The van der Waals surface area contributed by atoms with Gasteiger partial charge in [0.25, 0.3) is 5.91 Å². The lowest BCUT2D eigenvalue weighted by molar-refractivity contribution is 0.0874. The van der Waals surface area contributed by atoms with Crippen molar-refractivity contribution in [3.05, 3.63) is 33.8 Å². The van der Waals surface area contributed by atoms with Crippen LogP contribution in [-0.2, 0) is 0 Å². The molecule has 0 unspecified atom stereocenters. The van der Waals surface area contributed by atoms with Gasteiger partial charge in [0, 0.05) is 6.20 Å². The van der Waals surface area contributed by atoms with Crippen LogP contribution >= 0.6 is 22.9 Å². The molecule has 4 heterocycles. The molecule has 0 bridgehead atoms. The van der Waals surface area contributed by atoms with Crippen molar-refractivity contribution in [1.82, 2.24) is 10.3 Å². The molecule has 0 spiro atoms. The molecule has 0 saturated carbocycles. The summed E-state index contributed by atoms with van der Waals surface area (Å²) in [5.74, 6) is 0.196. The zero-order valence-electron chi connectivity index (χ0n) is 17.4. The molecule has 0 radical (unpaired) electrons. The summed E-state index contributed by atoms with van der Waals surface area (Å²) in [7, 11) is 0. The number of carbonyl (C=O) groups excluding carboxylic acids is 2. The molecular weight excluding hydrogens is 470 g/mol. The number of urea groups is 1. The first-order valence-electron chi connectivity index (χ1n) is 9.74. The van der Waals surface area contributed by atoms with E-state index in [0.717, 1.165) is 11.3 Å². The van der Waals surface area contributed by atoms with Crippen LogP contribution in [-0.4, -0.2) is 41.0 Å². The van der Waals surface area contributed by atoms with Gasteiger partial charge in [-0.25, -0.2) is 9.78 Å². The smallest absolute Gasteiger partial charge is 0.331 e. The van der Waals surface area contributed by atoms with Crippen LogP contribution in [0.15, 0.2) is 18.3 Å². The lowest BCUT2D eigenvalue weighted by Crippen LogP contribution is -2.46. The SMILES string of the molecule is CC(C)(CO)NC(=O)c1sc2ncc(C#N)c3c2c1NC(=O)N3c1c(Cl)ccc2c1OCO2. The van der Waals surface area contributed by atoms with E-state index in [0.29, 0.717) is 16.0 Å². The van der Waals surface area contributed by atoms with Crippen LogP contribution in [0.1, 0.15) is 29.1 Å². The largest absolute Gasteiger partial charge is 0.454 e. The van der Waals surface area contributed by atoms with Gasteiger partial charge in [-0.05, 0) is 26.0 Å². The Hall–Kier alpha value is -3.59. The van der Waals surface area contributed by atoms with Crippen molar-refractivity contribution in [3.8, 4) is 17.6 Å². The summed E-state index contributed by atoms with van der Waals surface area (Å²) in [6, 6.07) is 4.63. The minimum atomic E-state index is -0.881. The maximum absolute atomic E-state index is 13.4. The molecule has 1 aromatic carbocycles. The van der Waals surface area contributed by atoms with Gasteiger partial charge in [0.2, 0.25) is 6.79 Å². The van der Waals surface area contributed by atoms with Crippen molar-refractivity contribution in [3.63, 3.8) is 0 Å². The van der Waals surface area contributed by atoms with Crippen molar-refractivity contribution >= 4 is 62.2 Å². The van der Waals surface area contributed by atoms with E-state index in [9.17, 15) is 20.0 Å². The molecule has 10 nitrogen and oxygen atoms in total. The molecule has 2 aromatic heterocycles. The first-order valence-corrected chi connectivity index (χ1v) is 10.9. The number of aliphatic hydroxyl groups excluding tert-OH is 1. The summed E-state index contributed by atoms with van der Waals surface area (Å²) in [6.45, 7) is 3.02. The molecule has 0 atom stereocenters. The van der Waals surface area contributed by atoms with Crippen LogP contribution in [0.2, 0.25) is 5.02 Å². The van der Waals surface area contributed by atoms with Gasteiger partial charge in [-0.15, -0.1) is 11.3 Å². The van der Waals surface area contributed by atoms with Crippen molar-refractivity contribution in [2.45, 2.75) is 19.4 Å². The van der Waals surface area contributed by atoms with Gasteiger partial charge in [-0.2, -0.15) is 5.26 Å². The highest BCUT2D eigenvalue weighted by molar-refractivity contribution is 7.21. The molecule has 168 valence electrons. The topological polar surface area (TPSA) is 137 Å². The molecular formula is C21H16ClN5O5S. The van der Waals surface area contributed by atoms with E-state index in [4.69, 9.17) is 21.1 Å². The monoisotopic (exact) mass is 485 g/mol. The van der Waals surface area contributed by atoms with Gasteiger partial charge in [0.05, 0.1) is 39.5 Å². The van der Waals surface area contributed by atoms with Crippen LogP contribution in [0, 0.1) is 11.3 Å². The first-order chi connectivity index (χ1) is 15.8. The Labute approximate surface area is 196 Å². The lowest BCUT2D eigenvalue weighted by Gasteiger charge is -2.30. The van der Waals surface area contributed by atoms with E-state index in [-0.39, 0.29) is 51.7 Å². The van der Waals surface area contributed by atoms with Crippen LogP contribution in [0.25, 0.3) is 10.2 Å². The number of fused-ring (bicyclic) bond motifs is 1. The van der Waals surface area contributed by atoms with E-state index < -0.39 is 17.5 Å².